The Kier molecular flexibility index (Phi) is 23.9. The van der Waals surface area contributed by atoms with Crippen LogP contribution in [-0.2, 0) is 11.2 Å². The number of nitrogens with zero attached hydrogens (tertiary/aromatic N) is 5. The second-order valence-corrected chi connectivity index (χ2v) is 13.2. The Labute approximate surface area is 328 Å². The van der Waals surface area contributed by atoms with Crippen molar-refractivity contribution in [2.45, 2.75) is 121 Å². The van der Waals surface area contributed by atoms with Gasteiger partial charge in [-0.15, -0.1) is 12.3 Å². The number of terminal acetylenes is 1. The van der Waals surface area contributed by atoms with Crippen LogP contribution in [0.25, 0.3) is 0 Å². The predicted octanol–water partition coefficient (Wildman–Crippen LogP) is 10.8. The lowest BCUT2D eigenvalue weighted by atomic mass is 10.0. The third kappa shape index (κ3) is 17.6. The highest BCUT2D eigenvalue weighted by Gasteiger charge is 2.20. The molecule has 0 saturated heterocycles. The van der Waals surface area contributed by atoms with E-state index >= 15 is 0 Å². The molecule has 3 rings (SSSR count). The number of unbranched alkanes of at least 4 members (excludes halogenated alkanes) is 2. The molecule has 0 fully saturated rings. The Balaban J connectivity index is 0.00000145. The molecule has 0 amide bonds. The highest BCUT2D eigenvalue weighted by molar-refractivity contribution is 6.08. The molecule has 2 heterocycles. The number of amidine groups is 1. The van der Waals surface area contributed by atoms with Crippen molar-refractivity contribution in [1.29, 1.82) is 0 Å². The smallest absolute Gasteiger partial charge is 0.202 e. The summed E-state index contributed by atoms with van der Waals surface area (Å²) >= 11 is 0. The first kappa shape index (κ1) is 46.9. The molecule has 0 aliphatic carbocycles. The van der Waals surface area contributed by atoms with Crippen molar-refractivity contribution in [2.75, 3.05) is 29.9 Å². The summed E-state index contributed by atoms with van der Waals surface area (Å²) in [6.45, 7) is 24.9. The van der Waals surface area contributed by atoms with E-state index in [9.17, 15) is 4.79 Å². The molecule has 2 aromatic rings. The highest BCUT2D eigenvalue weighted by atomic mass is 16.5. The van der Waals surface area contributed by atoms with Gasteiger partial charge in [0, 0.05) is 44.3 Å². The monoisotopic (exact) mass is 735 g/mol. The van der Waals surface area contributed by atoms with E-state index in [1.165, 1.54) is 12.5 Å². The number of hydrogen-bond acceptors (Lipinski definition) is 7. The lowest BCUT2D eigenvalue weighted by Crippen LogP contribution is -2.32. The van der Waals surface area contributed by atoms with Gasteiger partial charge in [0.05, 0.1) is 6.54 Å². The first-order valence-electron chi connectivity index (χ1n) is 19.5. The average Bonchev–Trinajstić information content (AvgIpc) is 3.14. The quantitative estimate of drug-likeness (QED) is 0.0754. The number of allylic oxidation sites excluding steroid dienone is 2. The fraction of sp³-hybridized carbons (Fsp3) is 0.478. The summed E-state index contributed by atoms with van der Waals surface area (Å²) in [5.74, 6) is 11.1. The molecule has 1 N–H and O–H groups in total. The number of ketones is 1. The van der Waals surface area contributed by atoms with Gasteiger partial charge in [-0.3, -0.25) is 9.80 Å². The fourth-order valence-electron chi connectivity index (χ4n) is 5.35. The number of anilines is 2. The van der Waals surface area contributed by atoms with Crippen LogP contribution >= 0.6 is 0 Å². The van der Waals surface area contributed by atoms with Gasteiger partial charge < -0.3 is 15.0 Å². The number of hydrazone groups is 1. The Morgan fingerprint density at radius 3 is 2.41 bits per heavy atom. The van der Waals surface area contributed by atoms with Crippen LogP contribution in [0.4, 0.5) is 11.5 Å². The molecule has 1 aliphatic heterocycles. The zero-order valence-corrected chi connectivity index (χ0v) is 35.1. The van der Waals surface area contributed by atoms with Crippen molar-refractivity contribution in [1.82, 2.24) is 9.99 Å². The molecular formula is C46H66N6O2. The maximum atomic E-state index is 9.87. The maximum Gasteiger partial charge on any atom is 0.202 e. The Morgan fingerprint density at radius 1 is 1.13 bits per heavy atom. The van der Waals surface area contributed by atoms with Gasteiger partial charge in [-0.25, -0.2) is 9.98 Å². The van der Waals surface area contributed by atoms with Crippen LogP contribution in [-0.4, -0.2) is 47.5 Å². The number of Topliss-reactive ketones (excluding diaryl/α,β-unsaturated/α-hetero) is 1. The third-order valence-corrected chi connectivity index (χ3v) is 8.21. The number of aryl methyl sites for hydroxylation is 3. The van der Waals surface area contributed by atoms with E-state index in [2.05, 4.69) is 106 Å². The molecule has 0 saturated carbocycles. The number of nitrogens with one attached hydrogen (secondary N) is 1. The average molecular weight is 735 g/mol. The van der Waals surface area contributed by atoms with E-state index < -0.39 is 0 Å². The van der Waals surface area contributed by atoms with Crippen molar-refractivity contribution in [2.24, 2.45) is 16.0 Å². The van der Waals surface area contributed by atoms with E-state index in [0.717, 1.165) is 104 Å². The molecule has 1 aliphatic rings. The SMILES string of the molecule is C#CC.C/C=N\N1C=CC(Oc2ccc(NC(=N/C=C/CCC)c3nc(N(CCCC)CC(C)CC)c(CCC)cc3C)cc2C)=CC1.CC#CC(C)=O. The van der Waals surface area contributed by atoms with Crippen molar-refractivity contribution in [3.8, 4) is 29.9 Å². The van der Waals surface area contributed by atoms with Crippen LogP contribution in [0.2, 0.25) is 0 Å². The fourth-order valence-corrected chi connectivity index (χ4v) is 5.35. The largest absolute Gasteiger partial charge is 0.457 e. The van der Waals surface area contributed by atoms with Gasteiger partial charge in [-0.05, 0) is 113 Å². The number of hydrogen-bond donors (Lipinski definition) is 1. The van der Waals surface area contributed by atoms with Crippen LogP contribution in [0.3, 0.4) is 0 Å². The van der Waals surface area contributed by atoms with Gasteiger partial charge in [-0.2, -0.15) is 5.10 Å². The van der Waals surface area contributed by atoms with E-state index in [4.69, 9.17) is 14.7 Å². The summed E-state index contributed by atoms with van der Waals surface area (Å²) in [5, 5.41) is 9.79. The lowest BCUT2D eigenvalue weighted by molar-refractivity contribution is -0.111. The normalized spacial score (nSPS) is 12.7. The Morgan fingerprint density at radius 2 is 1.87 bits per heavy atom. The third-order valence-electron chi connectivity index (χ3n) is 8.21. The van der Waals surface area contributed by atoms with E-state index in [0.29, 0.717) is 12.5 Å². The molecule has 8 heteroatoms. The van der Waals surface area contributed by atoms with E-state index in [-0.39, 0.29) is 5.78 Å². The van der Waals surface area contributed by atoms with Crippen molar-refractivity contribution >= 4 is 29.3 Å². The van der Waals surface area contributed by atoms with Gasteiger partial charge >= 0.3 is 0 Å². The number of carbonyl (C=O) groups excluding carboxylic acids is 1. The van der Waals surface area contributed by atoms with Crippen molar-refractivity contribution in [3.05, 3.63) is 83.0 Å². The molecule has 0 radical (unpaired) electrons. The highest BCUT2D eigenvalue weighted by Crippen LogP contribution is 2.28. The zero-order valence-electron chi connectivity index (χ0n) is 35.1. The van der Waals surface area contributed by atoms with E-state index in [1.54, 1.807) is 20.1 Å². The molecule has 1 aromatic carbocycles. The lowest BCUT2D eigenvalue weighted by Gasteiger charge is -2.29. The molecule has 1 aromatic heterocycles. The molecule has 0 bridgehead atoms. The molecule has 8 nitrogen and oxygen atoms in total. The molecule has 1 atom stereocenters. The minimum atomic E-state index is -0.0718. The van der Waals surface area contributed by atoms with Gasteiger partial charge in [0.15, 0.2) is 5.84 Å². The minimum Gasteiger partial charge on any atom is -0.457 e. The number of rotatable bonds is 17. The second kappa shape index (κ2) is 27.5. The van der Waals surface area contributed by atoms with Crippen molar-refractivity contribution < 1.29 is 9.53 Å². The maximum absolute atomic E-state index is 9.87. The summed E-state index contributed by atoms with van der Waals surface area (Å²) in [5.41, 5.74) is 5.33. The Bertz CT molecular complexity index is 1700. The summed E-state index contributed by atoms with van der Waals surface area (Å²) in [6, 6.07) is 8.51. The number of benzene rings is 1. The molecule has 54 heavy (non-hydrogen) atoms. The summed E-state index contributed by atoms with van der Waals surface area (Å²) in [4.78, 5) is 22.8. The summed E-state index contributed by atoms with van der Waals surface area (Å²) in [7, 11) is 0. The number of carbonyl (C=O) groups is 1. The first-order valence-corrected chi connectivity index (χ1v) is 19.5. The van der Waals surface area contributed by atoms with Gasteiger partial charge in [0.2, 0.25) is 5.78 Å². The number of ether oxygens (including phenoxy) is 1. The molecule has 292 valence electrons. The summed E-state index contributed by atoms with van der Waals surface area (Å²) in [6.07, 6.45) is 24.0. The van der Waals surface area contributed by atoms with E-state index in [1.807, 2.05) is 48.6 Å². The number of pyridine rings is 1. The predicted molar refractivity (Wildman–Crippen MR) is 232 cm³/mol. The first-order chi connectivity index (χ1) is 26.0. The second-order valence-electron chi connectivity index (χ2n) is 13.2. The van der Waals surface area contributed by atoms with Crippen LogP contribution < -0.4 is 15.0 Å². The van der Waals surface area contributed by atoms with Crippen LogP contribution in [0.1, 0.15) is 123 Å². The van der Waals surface area contributed by atoms with Gasteiger partial charge in [0.1, 0.15) is 23.0 Å². The van der Waals surface area contributed by atoms with Crippen LogP contribution in [0.5, 0.6) is 5.75 Å². The molecular weight excluding hydrogens is 669 g/mol. The number of aliphatic imine (C=N–C) groups is 1. The standard InChI is InChI=1S/C38H56N6O.C5H6O.C3H4/c1-9-14-16-22-39-37(41-33-18-19-35(30(7)27-33)45-34-20-24-44(25-21-34)40-13-5)36-31(8)26-32(17-11-3)38(42-36)43(23-15-10-2)28-29(6)12-4;1-3-4-5(2)6;1-3-2/h13,16,18-22,24,26-27,29H,9-12,14-15,17,23,25,28H2,1-8H3,(H,39,41);1-2H3;1H,2H3/b22-16+,40-13-;;. The topological polar surface area (TPSA) is 82.4 Å². The van der Waals surface area contributed by atoms with Gasteiger partial charge in [-0.1, -0.05) is 78.4 Å². The molecule has 0 spiro atoms. The Hall–Kier alpha value is -5.08. The minimum absolute atomic E-state index is 0.0718. The van der Waals surface area contributed by atoms with Gasteiger partial charge in [0.25, 0.3) is 0 Å². The summed E-state index contributed by atoms with van der Waals surface area (Å²) < 4.78 is 6.23. The molecule has 1 unspecified atom stereocenters. The zero-order chi connectivity index (χ0) is 40.3. The van der Waals surface area contributed by atoms with Crippen molar-refractivity contribution in [3.63, 3.8) is 0 Å². The van der Waals surface area contributed by atoms with Crippen LogP contribution in [0, 0.1) is 44.0 Å². The number of aromatic nitrogens is 1. The van der Waals surface area contributed by atoms with Crippen LogP contribution in [0.15, 0.2) is 70.7 Å².